The van der Waals surface area contributed by atoms with Crippen LogP contribution in [0.25, 0.3) is 0 Å². The second-order valence-electron chi connectivity index (χ2n) is 6.61. The molecule has 1 atom stereocenters. The zero-order valence-corrected chi connectivity index (χ0v) is 12.6. The molecular formula is C16H27NO. The maximum atomic E-state index is 5.97. The lowest BCUT2D eigenvalue weighted by atomic mass is 10.0. The van der Waals surface area contributed by atoms with Crippen molar-refractivity contribution in [1.82, 2.24) is 5.32 Å². The number of aryl methyl sites for hydroxylation is 1. The minimum absolute atomic E-state index is 0.348. The van der Waals surface area contributed by atoms with Crippen molar-refractivity contribution in [2.45, 2.75) is 54.0 Å². The largest absolute Gasteiger partial charge is 0.464 e. The lowest BCUT2D eigenvalue weighted by Crippen LogP contribution is -2.24. The van der Waals surface area contributed by atoms with Crippen LogP contribution in [0.5, 0.6) is 0 Å². The highest BCUT2D eigenvalue weighted by molar-refractivity contribution is 5.22. The standard InChI is InChI=1S/C16H27NO/c1-7-11-9-10-12(18-11)13(17-8-2)14-15(3,4)16(14,5)6/h9-10,13-14,17H,7-8H2,1-6H3. The van der Waals surface area contributed by atoms with E-state index in [1.54, 1.807) is 0 Å². The summed E-state index contributed by atoms with van der Waals surface area (Å²) in [6.45, 7) is 14.7. The predicted octanol–water partition coefficient (Wildman–Crippen LogP) is 4.17. The highest BCUT2D eigenvalue weighted by Crippen LogP contribution is 2.72. The van der Waals surface area contributed by atoms with Crippen molar-refractivity contribution in [3.8, 4) is 0 Å². The predicted molar refractivity (Wildman–Crippen MR) is 75.6 cm³/mol. The van der Waals surface area contributed by atoms with Crippen LogP contribution in [0.2, 0.25) is 0 Å². The Hall–Kier alpha value is -0.760. The zero-order chi connectivity index (χ0) is 13.6. The van der Waals surface area contributed by atoms with E-state index in [2.05, 4.69) is 59.0 Å². The van der Waals surface area contributed by atoms with E-state index in [9.17, 15) is 0 Å². The quantitative estimate of drug-likeness (QED) is 0.847. The second kappa shape index (κ2) is 4.41. The summed E-state index contributed by atoms with van der Waals surface area (Å²) in [6.07, 6.45) is 0.969. The Bertz CT molecular complexity index is 402. The molecule has 1 unspecified atom stereocenters. The van der Waals surface area contributed by atoms with Crippen molar-refractivity contribution in [2.24, 2.45) is 16.7 Å². The third-order valence-electron chi connectivity index (χ3n) is 5.23. The Morgan fingerprint density at radius 3 is 2.17 bits per heavy atom. The Balaban J connectivity index is 2.25. The molecule has 1 fully saturated rings. The lowest BCUT2D eigenvalue weighted by molar-refractivity contribution is 0.337. The van der Waals surface area contributed by atoms with Crippen LogP contribution in [0.4, 0.5) is 0 Å². The molecule has 0 aliphatic heterocycles. The molecule has 1 saturated carbocycles. The summed E-state index contributed by atoms with van der Waals surface area (Å²) in [5.74, 6) is 2.84. The minimum atomic E-state index is 0.348. The van der Waals surface area contributed by atoms with Gasteiger partial charge in [0.05, 0.1) is 6.04 Å². The van der Waals surface area contributed by atoms with Gasteiger partial charge in [-0.3, -0.25) is 0 Å². The van der Waals surface area contributed by atoms with E-state index in [1.807, 2.05) is 0 Å². The van der Waals surface area contributed by atoms with Crippen molar-refractivity contribution in [2.75, 3.05) is 6.54 Å². The molecule has 2 heteroatoms. The van der Waals surface area contributed by atoms with Crippen LogP contribution in [0.1, 0.15) is 59.1 Å². The summed E-state index contributed by atoms with van der Waals surface area (Å²) in [4.78, 5) is 0. The maximum Gasteiger partial charge on any atom is 0.121 e. The Morgan fingerprint density at radius 2 is 1.78 bits per heavy atom. The number of hydrogen-bond donors (Lipinski definition) is 1. The number of hydrogen-bond acceptors (Lipinski definition) is 2. The van der Waals surface area contributed by atoms with Crippen molar-refractivity contribution in [1.29, 1.82) is 0 Å². The molecule has 1 N–H and O–H groups in total. The SMILES string of the molecule is CCNC(c1ccc(CC)o1)C1C(C)(C)C1(C)C. The highest BCUT2D eigenvalue weighted by Gasteiger charge is 2.67. The Kier molecular flexibility index (Phi) is 3.35. The fourth-order valence-corrected chi connectivity index (χ4v) is 3.44. The van der Waals surface area contributed by atoms with Crippen molar-refractivity contribution in [3.63, 3.8) is 0 Å². The molecule has 0 aromatic carbocycles. The Labute approximate surface area is 111 Å². The van der Waals surface area contributed by atoms with E-state index in [-0.39, 0.29) is 0 Å². The van der Waals surface area contributed by atoms with Gasteiger partial charge in [-0.15, -0.1) is 0 Å². The molecule has 1 aliphatic rings. The topological polar surface area (TPSA) is 25.2 Å². The smallest absolute Gasteiger partial charge is 0.121 e. The van der Waals surface area contributed by atoms with Gasteiger partial charge in [0.25, 0.3) is 0 Å². The Morgan fingerprint density at radius 1 is 1.17 bits per heavy atom. The molecule has 1 aliphatic carbocycles. The summed E-state index contributed by atoms with van der Waals surface area (Å²) >= 11 is 0. The first-order valence-electron chi connectivity index (χ1n) is 7.18. The number of rotatable bonds is 5. The van der Waals surface area contributed by atoms with Gasteiger partial charge in [0.2, 0.25) is 0 Å². The second-order valence-corrected chi connectivity index (χ2v) is 6.61. The minimum Gasteiger partial charge on any atom is -0.464 e. The van der Waals surface area contributed by atoms with Crippen LogP contribution in [0.15, 0.2) is 16.5 Å². The van der Waals surface area contributed by atoms with E-state index in [0.29, 0.717) is 22.8 Å². The van der Waals surface area contributed by atoms with E-state index >= 15 is 0 Å². The van der Waals surface area contributed by atoms with Gasteiger partial charge in [-0.25, -0.2) is 0 Å². The van der Waals surface area contributed by atoms with Crippen molar-refractivity contribution >= 4 is 0 Å². The van der Waals surface area contributed by atoms with Gasteiger partial charge in [-0.1, -0.05) is 41.5 Å². The number of nitrogens with one attached hydrogen (secondary N) is 1. The average molecular weight is 249 g/mol. The first kappa shape index (κ1) is 13.7. The van der Waals surface area contributed by atoms with E-state index in [0.717, 1.165) is 24.5 Å². The first-order valence-corrected chi connectivity index (χ1v) is 7.18. The summed E-state index contributed by atoms with van der Waals surface area (Å²) in [5, 5.41) is 3.62. The molecule has 1 heterocycles. The molecule has 18 heavy (non-hydrogen) atoms. The van der Waals surface area contributed by atoms with Crippen LogP contribution in [-0.2, 0) is 6.42 Å². The molecule has 2 nitrogen and oxygen atoms in total. The van der Waals surface area contributed by atoms with E-state index in [1.165, 1.54) is 0 Å². The number of furan rings is 1. The van der Waals surface area contributed by atoms with Gasteiger partial charge in [0, 0.05) is 6.42 Å². The average Bonchev–Trinajstić information content (AvgIpc) is 2.70. The van der Waals surface area contributed by atoms with Gasteiger partial charge in [0.15, 0.2) is 0 Å². The molecular weight excluding hydrogens is 222 g/mol. The van der Waals surface area contributed by atoms with Crippen LogP contribution in [-0.4, -0.2) is 6.54 Å². The van der Waals surface area contributed by atoms with Gasteiger partial charge >= 0.3 is 0 Å². The fraction of sp³-hybridized carbons (Fsp3) is 0.750. The highest BCUT2D eigenvalue weighted by atomic mass is 16.3. The molecule has 1 aromatic rings. The maximum absolute atomic E-state index is 5.97. The van der Waals surface area contributed by atoms with E-state index in [4.69, 9.17) is 4.42 Å². The van der Waals surface area contributed by atoms with Gasteiger partial charge in [0.1, 0.15) is 11.5 Å². The van der Waals surface area contributed by atoms with E-state index < -0.39 is 0 Å². The molecule has 0 amide bonds. The van der Waals surface area contributed by atoms with Crippen LogP contribution in [0.3, 0.4) is 0 Å². The normalized spacial score (nSPS) is 23.0. The molecule has 0 saturated heterocycles. The van der Waals surface area contributed by atoms with Crippen molar-refractivity contribution in [3.05, 3.63) is 23.7 Å². The monoisotopic (exact) mass is 249 g/mol. The summed E-state index contributed by atoms with van der Waals surface area (Å²) < 4.78 is 5.97. The molecule has 0 bridgehead atoms. The van der Waals surface area contributed by atoms with Crippen LogP contribution < -0.4 is 5.32 Å². The third kappa shape index (κ3) is 1.91. The van der Waals surface area contributed by atoms with Crippen LogP contribution >= 0.6 is 0 Å². The molecule has 102 valence electrons. The first-order chi connectivity index (χ1) is 8.36. The zero-order valence-electron chi connectivity index (χ0n) is 12.6. The molecule has 2 rings (SSSR count). The van der Waals surface area contributed by atoms with Gasteiger partial charge in [-0.2, -0.15) is 0 Å². The van der Waals surface area contributed by atoms with Crippen LogP contribution in [0, 0.1) is 16.7 Å². The van der Waals surface area contributed by atoms with Crippen molar-refractivity contribution < 1.29 is 4.42 Å². The van der Waals surface area contributed by atoms with Gasteiger partial charge in [-0.05, 0) is 35.4 Å². The fourth-order valence-electron chi connectivity index (χ4n) is 3.44. The summed E-state index contributed by atoms with van der Waals surface area (Å²) in [5.41, 5.74) is 0.748. The van der Waals surface area contributed by atoms with Gasteiger partial charge < -0.3 is 9.73 Å². The lowest BCUT2D eigenvalue weighted by Gasteiger charge is -2.18. The third-order valence-corrected chi connectivity index (χ3v) is 5.23. The summed E-state index contributed by atoms with van der Waals surface area (Å²) in [7, 11) is 0. The summed E-state index contributed by atoms with van der Waals surface area (Å²) in [6, 6.07) is 4.61. The molecule has 1 aromatic heterocycles. The molecule has 0 spiro atoms. The molecule has 0 radical (unpaired) electrons.